The zero-order valence-electron chi connectivity index (χ0n) is 16.2. The van der Waals surface area contributed by atoms with Crippen LogP contribution in [-0.4, -0.2) is 32.5 Å². The van der Waals surface area contributed by atoms with Gasteiger partial charge in [0.05, 0.1) is 5.56 Å². The van der Waals surface area contributed by atoms with Gasteiger partial charge in [-0.05, 0) is 35.2 Å². The predicted molar refractivity (Wildman–Crippen MR) is 106 cm³/mol. The van der Waals surface area contributed by atoms with Crippen LogP contribution in [0.1, 0.15) is 29.3 Å². The normalized spacial score (nSPS) is 17.1. The van der Waals surface area contributed by atoms with Crippen LogP contribution in [-0.2, 0) is 17.5 Å². The quantitative estimate of drug-likeness (QED) is 0.511. The van der Waals surface area contributed by atoms with Crippen LogP contribution in [0.2, 0.25) is 0 Å². The second kappa shape index (κ2) is 7.26. The average molecular weight is 426 g/mol. The summed E-state index contributed by atoms with van der Waals surface area (Å²) < 4.78 is 45.2. The zero-order chi connectivity index (χ0) is 21.6. The number of hydrogen-bond donors (Lipinski definition) is 1. The van der Waals surface area contributed by atoms with E-state index < -0.39 is 11.7 Å². The van der Waals surface area contributed by atoms with E-state index in [9.17, 15) is 18.0 Å². The second-order valence-corrected chi connectivity index (χ2v) is 7.57. The highest BCUT2D eigenvalue weighted by atomic mass is 19.4. The molecule has 31 heavy (non-hydrogen) atoms. The Morgan fingerprint density at radius 1 is 1.16 bits per heavy atom. The van der Waals surface area contributed by atoms with Gasteiger partial charge in [0.2, 0.25) is 5.91 Å². The first-order chi connectivity index (χ1) is 14.9. The number of aromatic amines is 1. The van der Waals surface area contributed by atoms with Gasteiger partial charge in [0.25, 0.3) is 5.89 Å². The monoisotopic (exact) mass is 426 g/mol. The van der Waals surface area contributed by atoms with E-state index in [4.69, 9.17) is 4.52 Å². The van der Waals surface area contributed by atoms with Crippen LogP contribution in [0, 0.1) is 0 Å². The number of benzene rings is 2. The van der Waals surface area contributed by atoms with Crippen LogP contribution in [0.15, 0.2) is 59.3 Å². The summed E-state index contributed by atoms with van der Waals surface area (Å²) in [5.41, 5.74) is 1.02. The molecule has 6 nitrogen and oxygen atoms in total. The molecule has 0 bridgehead atoms. The van der Waals surface area contributed by atoms with Crippen LogP contribution in [0.5, 0.6) is 0 Å². The molecule has 9 heteroatoms. The Hall–Kier alpha value is -3.62. The van der Waals surface area contributed by atoms with Gasteiger partial charge in [0.15, 0.2) is 5.82 Å². The zero-order valence-corrected chi connectivity index (χ0v) is 16.2. The number of hydrogen-bond acceptors (Lipinski definition) is 4. The largest absolute Gasteiger partial charge is 0.416 e. The summed E-state index contributed by atoms with van der Waals surface area (Å²) >= 11 is 0. The van der Waals surface area contributed by atoms with Crippen LogP contribution >= 0.6 is 0 Å². The van der Waals surface area contributed by atoms with Crippen molar-refractivity contribution >= 4 is 16.8 Å². The molecular formula is C22H17F3N4O2. The van der Waals surface area contributed by atoms with Crippen LogP contribution in [0.3, 0.4) is 0 Å². The first kappa shape index (κ1) is 19.3. The molecule has 2 aromatic carbocycles. The van der Waals surface area contributed by atoms with Gasteiger partial charge in [-0.2, -0.15) is 18.2 Å². The maximum atomic E-state index is 13.3. The average Bonchev–Trinajstić information content (AvgIpc) is 3.47. The van der Waals surface area contributed by atoms with Crippen molar-refractivity contribution in [1.82, 2.24) is 20.0 Å². The molecule has 1 amide bonds. The van der Waals surface area contributed by atoms with Crippen LogP contribution < -0.4 is 0 Å². The maximum absolute atomic E-state index is 13.3. The number of carbonyl (C=O) groups excluding carboxylic acids is 1. The van der Waals surface area contributed by atoms with Crippen molar-refractivity contribution in [3.8, 4) is 11.5 Å². The molecule has 1 saturated heterocycles. The Morgan fingerprint density at radius 3 is 2.84 bits per heavy atom. The lowest BCUT2D eigenvalue weighted by Gasteiger charge is -2.19. The fraction of sp³-hybridized carbons (Fsp3) is 0.227. The number of rotatable bonds is 4. The first-order valence-electron chi connectivity index (χ1n) is 9.72. The van der Waals surface area contributed by atoms with E-state index in [1.54, 1.807) is 0 Å². The minimum absolute atomic E-state index is 0.0667. The Balaban J connectivity index is 1.34. The lowest BCUT2D eigenvalue weighted by Crippen LogP contribution is -2.26. The number of fused-ring (bicyclic) bond motifs is 1. The van der Waals surface area contributed by atoms with Crippen molar-refractivity contribution in [3.63, 3.8) is 0 Å². The van der Waals surface area contributed by atoms with Crippen molar-refractivity contribution in [2.24, 2.45) is 0 Å². The molecule has 1 fully saturated rings. The molecule has 2 aromatic heterocycles. The molecule has 1 aliphatic rings. The van der Waals surface area contributed by atoms with Crippen LogP contribution in [0.4, 0.5) is 13.2 Å². The highest BCUT2D eigenvalue weighted by molar-refractivity contribution is 5.83. The predicted octanol–water partition coefficient (Wildman–Crippen LogP) is 4.75. The van der Waals surface area contributed by atoms with Gasteiger partial charge in [-0.1, -0.05) is 29.4 Å². The Kier molecular flexibility index (Phi) is 4.53. The summed E-state index contributed by atoms with van der Waals surface area (Å²) in [5.74, 6) is 0.139. The lowest BCUT2D eigenvalue weighted by atomic mass is 10.1. The van der Waals surface area contributed by atoms with E-state index in [2.05, 4.69) is 15.1 Å². The Labute approximate surface area is 174 Å². The third kappa shape index (κ3) is 3.67. The number of nitrogens with zero attached hydrogens (tertiary/aromatic N) is 3. The minimum atomic E-state index is -4.47. The van der Waals surface area contributed by atoms with Gasteiger partial charge in [-0.3, -0.25) is 4.79 Å². The number of aromatic nitrogens is 3. The molecule has 1 atom stereocenters. The van der Waals surface area contributed by atoms with Gasteiger partial charge >= 0.3 is 6.18 Å². The molecule has 5 rings (SSSR count). The number of H-pyrrole nitrogens is 1. The summed E-state index contributed by atoms with van der Waals surface area (Å²) in [5, 5.41) is 5.08. The van der Waals surface area contributed by atoms with Gasteiger partial charge in [0, 0.05) is 42.7 Å². The number of likely N-dealkylation sites (tertiary alicyclic amines) is 1. The van der Waals surface area contributed by atoms with Crippen LogP contribution in [0.25, 0.3) is 22.4 Å². The molecule has 0 radical (unpaired) electrons. The highest BCUT2D eigenvalue weighted by Gasteiger charge is 2.37. The van der Waals surface area contributed by atoms with Crippen molar-refractivity contribution in [2.45, 2.75) is 25.1 Å². The summed E-state index contributed by atoms with van der Waals surface area (Å²) in [7, 11) is 0. The molecule has 0 saturated carbocycles. The van der Waals surface area contributed by atoms with Crippen molar-refractivity contribution in [1.29, 1.82) is 0 Å². The van der Waals surface area contributed by atoms with Crippen molar-refractivity contribution in [3.05, 3.63) is 71.7 Å². The smallest absolute Gasteiger partial charge is 0.361 e. The topological polar surface area (TPSA) is 75.0 Å². The highest BCUT2D eigenvalue weighted by Crippen LogP contribution is 2.34. The summed E-state index contributed by atoms with van der Waals surface area (Å²) in [6.07, 6.45) is -2.51. The number of nitrogens with one attached hydrogen (secondary N) is 1. The fourth-order valence-electron chi connectivity index (χ4n) is 3.94. The van der Waals surface area contributed by atoms with E-state index in [1.165, 1.54) is 23.1 Å². The van der Waals surface area contributed by atoms with E-state index in [-0.39, 0.29) is 36.9 Å². The molecule has 3 heterocycles. The number of halogens is 3. The van der Waals surface area contributed by atoms with Gasteiger partial charge in [-0.25, -0.2) is 0 Å². The molecule has 0 aliphatic carbocycles. The third-order valence-electron chi connectivity index (χ3n) is 5.51. The first-order valence-corrected chi connectivity index (χ1v) is 9.72. The number of amides is 1. The number of carbonyl (C=O) groups is 1. The summed E-state index contributed by atoms with van der Waals surface area (Å²) in [4.78, 5) is 21.4. The molecule has 4 aromatic rings. The standard InChI is InChI=1S/C22H17F3N4O2/c23-22(24,25)17-4-2-1-3-15(17)11-29-12-16(10-19(29)30)20-27-21(31-28-20)14-6-5-13-7-8-26-18(13)9-14/h1-9,16,26H,10-12H2. The fourth-order valence-corrected chi connectivity index (χ4v) is 3.94. The molecular weight excluding hydrogens is 409 g/mol. The lowest BCUT2D eigenvalue weighted by molar-refractivity contribution is -0.139. The maximum Gasteiger partial charge on any atom is 0.416 e. The summed E-state index contributed by atoms with van der Waals surface area (Å²) in [6.45, 7) is 0.124. The SMILES string of the molecule is O=C1CC(c2noc(-c3ccc4cc[nH]c4c3)n2)CN1Cc1ccccc1C(F)(F)F. The van der Waals surface area contributed by atoms with Gasteiger partial charge in [0.1, 0.15) is 0 Å². The van der Waals surface area contributed by atoms with Gasteiger partial charge in [-0.15, -0.1) is 0 Å². The second-order valence-electron chi connectivity index (χ2n) is 7.57. The number of alkyl halides is 3. The Bertz CT molecular complexity index is 1260. The molecule has 0 spiro atoms. The van der Waals surface area contributed by atoms with E-state index >= 15 is 0 Å². The third-order valence-corrected chi connectivity index (χ3v) is 5.51. The molecule has 158 valence electrons. The van der Waals surface area contributed by atoms with E-state index in [1.807, 2.05) is 30.5 Å². The Morgan fingerprint density at radius 2 is 2.00 bits per heavy atom. The van der Waals surface area contributed by atoms with E-state index in [0.29, 0.717) is 11.7 Å². The van der Waals surface area contributed by atoms with Gasteiger partial charge < -0.3 is 14.4 Å². The van der Waals surface area contributed by atoms with Crippen molar-refractivity contribution in [2.75, 3.05) is 6.54 Å². The summed E-state index contributed by atoms with van der Waals surface area (Å²) in [6, 6.07) is 13.0. The van der Waals surface area contributed by atoms with E-state index in [0.717, 1.165) is 22.5 Å². The molecule has 1 N–H and O–H groups in total. The van der Waals surface area contributed by atoms with Crippen molar-refractivity contribution < 1.29 is 22.5 Å². The minimum Gasteiger partial charge on any atom is -0.361 e. The molecule has 1 aliphatic heterocycles. The molecule has 1 unspecified atom stereocenters.